The van der Waals surface area contributed by atoms with Crippen molar-refractivity contribution in [3.05, 3.63) is 27.9 Å². The molecule has 0 unspecified atom stereocenters. The lowest BCUT2D eigenvalue weighted by atomic mass is 10.2. The molecule has 2 heterocycles. The third-order valence-electron chi connectivity index (χ3n) is 3.73. The molecule has 0 aliphatic heterocycles. The van der Waals surface area contributed by atoms with Crippen LogP contribution in [0.15, 0.2) is 22.2 Å². The van der Waals surface area contributed by atoms with Gasteiger partial charge in [0.25, 0.3) is 5.91 Å². The summed E-state index contributed by atoms with van der Waals surface area (Å²) in [6.45, 7) is -0.211. The zero-order chi connectivity index (χ0) is 16.1. The van der Waals surface area contributed by atoms with Crippen LogP contribution in [0.3, 0.4) is 0 Å². The topological polar surface area (TPSA) is 68.3 Å². The number of carbonyl (C=O) groups excluding carboxylic acids is 2. The van der Waals surface area contributed by atoms with Gasteiger partial charge in [-0.1, -0.05) is 12.8 Å². The van der Waals surface area contributed by atoms with Crippen LogP contribution < -0.4 is 5.32 Å². The molecule has 0 radical (unpaired) electrons. The molecule has 7 heteroatoms. The lowest BCUT2D eigenvalue weighted by Crippen LogP contribution is -2.36. The first-order valence-corrected chi connectivity index (χ1v) is 9.45. The predicted octanol–water partition coefficient (Wildman–Crippen LogP) is 3.02. The van der Waals surface area contributed by atoms with Crippen molar-refractivity contribution in [3.63, 3.8) is 0 Å². The Bertz CT molecular complexity index is 661. The van der Waals surface area contributed by atoms with Gasteiger partial charge in [0.15, 0.2) is 6.61 Å². The quantitative estimate of drug-likeness (QED) is 0.813. The summed E-state index contributed by atoms with van der Waals surface area (Å²) < 4.78 is 5.03. The molecule has 1 fully saturated rings. The van der Waals surface area contributed by atoms with Gasteiger partial charge in [-0.25, -0.2) is 4.98 Å². The van der Waals surface area contributed by atoms with Crippen LogP contribution in [0.1, 0.15) is 31.4 Å². The molecule has 1 saturated carbocycles. The van der Waals surface area contributed by atoms with Crippen LogP contribution in [0.5, 0.6) is 0 Å². The summed E-state index contributed by atoms with van der Waals surface area (Å²) in [7, 11) is 0. The van der Waals surface area contributed by atoms with Crippen molar-refractivity contribution in [2.45, 2.75) is 38.1 Å². The molecule has 3 rings (SSSR count). The minimum absolute atomic E-state index is 0.0946. The second kappa shape index (κ2) is 7.70. The molecular formula is C16H18N2O3S2. The molecule has 1 aliphatic carbocycles. The second-order valence-corrected chi connectivity index (χ2v) is 7.18. The first-order valence-electron chi connectivity index (χ1n) is 7.62. The summed E-state index contributed by atoms with van der Waals surface area (Å²) in [5, 5.41) is 9.66. The van der Waals surface area contributed by atoms with E-state index in [-0.39, 0.29) is 25.0 Å². The molecule has 0 aromatic carbocycles. The summed E-state index contributed by atoms with van der Waals surface area (Å²) in [6.07, 6.45) is 4.44. The maximum atomic E-state index is 11.8. The summed E-state index contributed by atoms with van der Waals surface area (Å²) in [5.74, 6) is -0.642. The SMILES string of the molecule is O=C(COC(=O)Cc1csc(-c2ccsc2)n1)NC1CCCC1. The smallest absolute Gasteiger partial charge is 0.312 e. The summed E-state index contributed by atoms with van der Waals surface area (Å²) in [6, 6.07) is 2.24. The fourth-order valence-electron chi connectivity index (χ4n) is 2.59. The molecule has 1 N–H and O–H groups in total. The fourth-order valence-corrected chi connectivity index (χ4v) is 4.12. The van der Waals surface area contributed by atoms with Crippen molar-refractivity contribution in [2.24, 2.45) is 0 Å². The number of thiazole rings is 1. The van der Waals surface area contributed by atoms with Gasteiger partial charge in [-0.3, -0.25) is 9.59 Å². The Morgan fingerprint density at radius 1 is 1.30 bits per heavy atom. The van der Waals surface area contributed by atoms with E-state index in [1.54, 1.807) is 11.3 Å². The Morgan fingerprint density at radius 3 is 2.87 bits per heavy atom. The highest BCUT2D eigenvalue weighted by molar-refractivity contribution is 7.14. The van der Waals surface area contributed by atoms with Gasteiger partial charge in [0.05, 0.1) is 12.1 Å². The number of nitrogens with one attached hydrogen (secondary N) is 1. The average Bonchev–Trinajstić information content (AvgIpc) is 3.27. The molecule has 0 saturated heterocycles. The van der Waals surface area contributed by atoms with Crippen LogP contribution in [0.4, 0.5) is 0 Å². The Morgan fingerprint density at radius 2 is 2.13 bits per heavy atom. The van der Waals surface area contributed by atoms with Crippen LogP contribution >= 0.6 is 22.7 Å². The third-order valence-corrected chi connectivity index (χ3v) is 5.35. The highest BCUT2D eigenvalue weighted by Gasteiger charge is 2.18. The van der Waals surface area contributed by atoms with E-state index in [0.29, 0.717) is 5.69 Å². The van der Waals surface area contributed by atoms with E-state index in [4.69, 9.17) is 4.74 Å². The highest BCUT2D eigenvalue weighted by atomic mass is 32.1. The van der Waals surface area contributed by atoms with E-state index in [9.17, 15) is 9.59 Å². The van der Waals surface area contributed by atoms with Gasteiger partial charge in [0.2, 0.25) is 0 Å². The molecule has 0 atom stereocenters. The molecule has 2 aromatic rings. The van der Waals surface area contributed by atoms with Crippen LogP contribution in [-0.2, 0) is 20.7 Å². The normalized spacial score (nSPS) is 14.8. The zero-order valence-corrected chi connectivity index (χ0v) is 14.3. The molecule has 5 nitrogen and oxygen atoms in total. The van der Waals surface area contributed by atoms with Crippen molar-refractivity contribution >= 4 is 34.6 Å². The molecule has 1 aliphatic rings. The highest BCUT2D eigenvalue weighted by Crippen LogP contribution is 2.25. The molecular weight excluding hydrogens is 332 g/mol. The number of amides is 1. The van der Waals surface area contributed by atoms with Crippen LogP contribution in [0.25, 0.3) is 10.6 Å². The monoisotopic (exact) mass is 350 g/mol. The number of nitrogens with zero attached hydrogens (tertiary/aromatic N) is 1. The second-order valence-electron chi connectivity index (χ2n) is 5.54. The third kappa shape index (κ3) is 4.62. The minimum Gasteiger partial charge on any atom is -0.455 e. The van der Waals surface area contributed by atoms with Crippen LogP contribution in [0.2, 0.25) is 0 Å². The number of carbonyl (C=O) groups is 2. The summed E-state index contributed by atoms with van der Waals surface area (Å²) in [4.78, 5) is 28.0. The lowest BCUT2D eigenvalue weighted by molar-refractivity contribution is -0.148. The van der Waals surface area contributed by atoms with Crippen molar-refractivity contribution in [1.29, 1.82) is 0 Å². The van der Waals surface area contributed by atoms with Gasteiger partial charge in [0.1, 0.15) is 5.01 Å². The van der Waals surface area contributed by atoms with E-state index in [1.807, 2.05) is 22.2 Å². The Balaban J connectivity index is 1.43. The minimum atomic E-state index is -0.422. The number of hydrogen-bond acceptors (Lipinski definition) is 6. The Labute approximate surface area is 142 Å². The van der Waals surface area contributed by atoms with Gasteiger partial charge in [-0.15, -0.1) is 11.3 Å². The van der Waals surface area contributed by atoms with Crippen molar-refractivity contribution in [3.8, 4) is 10.6 Å². The molecule has 1 amide bonds. The van der Waals surface area contributed by atoms with Gasteiger partial charge in [0, 0.05) is 22.4 Å². The van der Waals surface area contributed by atoms with Crippen molar-refractivity contribution in [2.75, 3.05) is 6.61 Å². The molecule has 23 heavy (non-hydrogen) atoms. The van der Waals surface area contributed by atoms with E-state index in [0.717, 1.165) is 36.3 Å². The standard InChI is InChI=1S/C16H18N2O3S2/c19-14(17-12-3-1-2-4-12)8-21-15(20)7-13-10-23-16(18-13)11-5-6-22-9-11/h5-6,9-10,12H,1-4,7-8H2,(H,17,19). The van der Waals surface area contributed by atoms with Crippen molar-refractivity contribution < 1.29 is 14.3 Å². The van der Waals surface area contributed by atoms with E-state index in [2.05, 4.69) is 10.3 Å². The predicted molar refractivity (Wildman–Crippen MR) is 90.5 cm³/mol. The van der Waals surface area contributed by atoms with Crippen LogP contribution in [-0.4, -0.2) is 29.5 Å². The Hall–Kier alpha value is -1.73. The maximum Gasteiger partial charge on any atom is 0.312 e. The first kappa shape index (κ1) is 16.1. The van der Waals surface area contributed by atoms with E-state index in [1.165, 1.54) is 11.3 Å². The number of aromatic nitrogens is 1. The number of esters is 1. The van der Waals surface area contributed by atoms with Gasteiger partial charge < -0.3 is 10.1 Å². The van der Waals surface area contributed by atoms with Gasteiger partial charge in [-0.05, 0) is 24.3 Å². The zero-order valence-electron chi connectivity index (χ0n) is 12.6. The van der Waals surface area contributed by atoms with E-state index >= 15 is 0 Å². The molecule has 0 bridgehead atoms. The van der Waals surface area contributed by atoms with E-state index < -0.39 is 5.97 Å². The molecule has 2 aromatic heterocycles. The van der Waals surface area contributed by atoms with Crippen LogP contribution in [0, 0.1) is 0 Å². The largest absolute Gasteiger partial charge is 0.455 e. The van der Waals surface area contributed by atoms with Gasteiger partial charge >= 0.3 is 5.97 Å². The summed E-state index contributed by atoms with van der Waals surface area (Å²) >= 11 is 3.12. The molecule has 0 spiro atoms. The first-order chi connectivity index (χ1) is 11.2. The fraction of sp³-hybridized carbons (Fsp3) is 0.438. The van der Waals surface area contributed by atoms with Gasteiger partial charge in [-0.2, -0.15) is 11.3 Å². The Kier molecular flexibility index (Phi) is 5.40. The van der Waals surface area contributed by atoms with Crippen molar-refractivity contribution in [1.82, 2.24) is 10.3 Å². The molecule has 122 valence electrons. The average molecular weight is 350 g/mol. The maximum absolute atomic E-state index is 11.8. The number of ether oxygens (including phenoxy) is 1. The number of thiophene rings is 1. The number of rotatable bonds is 6. The lowest BCUT2D eigenvalue weighted by Gasteiger charge is -2.11. The number of hydrogen-bond donors (Lipinski definition) is 1. The summed E-state index contributed by atoms with van der Waals surface area (Å²) in [5.41, 5.74) is 1.74.